The average molecular weight is 1140 g/mol. The summed E-state index contributed by atoms with van der Waals surface area (Å²) in [7, 11) is -8.64. The number of nitrogens with one attached hydrogen (secondary N) is 1. The molecular formula is C47H74N14O15P2. The van der Waals surface area contributed by atoms with Crippen LogP contribution < -0.4 is 16.8 Å². The number of aromatic nitrogens is 8. The molecule has 0 aromatic carbocycles. The highest BCUT2D eigenvalue weighted by atomic mass is 31.2. The van der Waals surface area contributed by atoms with Crippen LogP contribution in [0.15, 0.2) is 30.3 Å². The van der Waals surface area contributed by atoms with E-state index in [1.54, 1.807) is 43.2 Å². The van der Waals surface area contributed by atoms with E-state index in [0.717, 1.165) is 26.3 Å². The number of nitrogens with zero attached hydrogens (tertiary/aromatic N) is 11. The first-order valence-corrected chi connectivity index (χ1v) is 29.9. The maximum atomic E-state index is 12.7. The SMILES string of the molecule is C1CCC(N=C(NC2CCCCC2)N2CCOCC2)CC1.CC1(C)OC2[C@@H](COP(=O)(O)N3CCOCC3)O[C@@H](n3cnc4c(N)ncnc43)[C@H]2O1.CC1(C)OC2[C@@H](COP(=O)(O)O)O[C@@H](n3cnc4c(N)ncnc43)[C@H]2O1. The Morgan fingerprint density at radius 3 is 1.62 bits per heavy atom. The van der Waals surface area contributed by atoms with Crippen molar-refractivity contribution in [3.05, 3.63) is 25.3 Å². The van der Waals surface area contributed by atoms with Crippen LogP contribution in [0, 0.1) is 0 Å². The van der Waals surface area contributed by atoms with Gasteiger partial charge in [-0.1, -0.05) is 38.5 Å². The number of nitrogen functional groups attached to an aromatic ring is 2. The third kappa shape index (κ3) is 13.4. The minimum Gasteiger partial charge on any atom is -0.382 e. The largest absolute Gasteiger partial charge is 0.469 e. The van der Waals surface area contributed by atoms with Crippen LogP contribution in [0.1, 0.15) is 104 Å². The number of nitrogens with two attached hydrogens (primary N) is 2. The number of aliphatic imine (C=N–C) groups is 1. The first-order valence-electron chi connectivity index (χ1n) is 26.9. The predicted octanol–water partition coefficient (Wildman–Crippen LogP) is 3.14. The Balaban J connectivity index is 0.000000135. The molecule has 0 spiro atoms. The van der Waals surface area contributed by atoms with Crippen LogP contribution in [0.2, 0.25) is 0 Å². The molecule has 8 aliphatic rings. The van der Waals surface area contributed by atoms with E-state index < -0.39 is 76.2 Å². The van der Waals surface area contributed by atoms with E-state index in [1.807, 2.05) is 0 Å². The van der Waals surface area contributed by atoms with Crippen molar-refractivity contribution >= 4 is 55.5 Å². The molecule has 4 aromatic heterocycles. The number of phosphoric acid groups is 1. The molecule has 0 bridgehead atoms. The molecule has 4 aromatic rings. The zero-order valence-corrected chi connectivity index (χ0v) is 46.2. The highest BCUT2D eigenvalue weighted by molar-refractivity contribution is 7.50. The summed E-state index contributed by atoms with van der Waals surface area (Å²) >= 11 is 0. The fraction of sp³-hybridized carbons (Fsp3) is 0.766. The summed E-state index contributed by atoms with van der Waals surface area (Å²) in [6, 6.07) is 1.19. The topological polar surface area (TPSA) is 357 Å². The van der Waals surface area contributed by atoms with Crippen LogP contribution in [0.5, 0.6) is 0 Å². The van der Waals surface area contributed by atoms with E-state index in [4.69, 9.17) is 68.7 Å². The molecule has 2 saturated carbocycles. The van der Waals surface area contributed by atoms with Crippen molar-refractivity contribution in [1.29, 1.82) is 0 Å². The summed E-state index contributed by atoms with van der Waals surface area (Å²) < 4.78 is 85.2. The fourth-order valence-electron chi connectivity index (χ4n) is 11.2. The number of imidazole rings is 2. The molecule has 6 aliphatic heterocycles. The molecule has 31 heteroatoms. The maximum absolute atomic E-state index is 12.7. The quantitative estimate of drug-likeness (QED) is 0.0713. The lowest BCUT2D eigenvalue weighted by molar-refractivity contribution is -0.199. The number of anilines is 2. The average Bonchev–Trinajstić information content (AvgIpc) is 4.46. The van der Waals surface area contributed by atoms with Gasteiger partial charge in [-0.25, -0.2) is 48.7 Å². The van der Waals surface area contributed by atoms with Gasteiger partial charge in [0.2, 0.25) is 0 Å². The second-order valence-electron chi connectivity index (χ2n) is 21.4. The highest BCUT2D eigenvalue weighted by Crippen LogP contribution is 2.50. The predicted molar refractivity (Wildman–Crippen MR) is 278 cm³/mol. The van der Waals surface area contributed by atoms with Crippen LogP contribution >= 0.6 is 15.6 Å². The van der Waals surface area contributed by atoms with E-state index in [-0.39, 0.29) is 24.8 Å². The summed E-state index contributed by atoms with van der Waals surface area (Å²) in [6.45, 7) is 11.7. The monoisotopic (exact) mass is 1140 g/mol. The highest BCUT2D eigenvalue weighted by Gasteiger charge is 2.58. The van der Waals surface area contributed by atoms with Crippen LogP contribution in [0.3, 0.4) is 0 Å². The minimum absolute atomic E-state index is 0.147. The van der Waals surface area contributed by atoms with Gasteiger partial charge in [-0.3, -0.25) is 18.2 Å². The number of rotatable bonds is 11. The molecule has 8 fully saturated rings. The number of ether oxygens (including phenoxy) is 8. The summed E-state index contributed by atoms with van der Waals surface area (Å²) in [6.07, 6.45) is 14.3. The number of morpholine rings is 2. The van der Waals surface area contributed by atoms with Gasteiger partial charge in [0.1, 0.15) is 60.3 Å². The van der Waals surface area contributed by atoms with Crippen LogP contribution in [-0.2, 0) is 56.1 Å². The molecule has 2 aliphatic carbocycles. The second kappa shape index (κ2) is 24.1. The van der Waals surface area contributed by atoms with Crippen molar-refractivity contribution in [2.45, 2.75) is 165 Å². The maximum Gasteiger partial charge on any atom is 0.469 e. The van der Waals surface area contributed by atoms with Crippen molar-refractivity contribution < 1.29 is 70.8 Å². The van der Waals surface area contributed by atoms with E-state index in [1.165, 1.54) is 93.8 Å². The van der Waals surface area contributed by atoms with Gasteiger partial charge in [0, 0.05) is 32.2 Å². The minimum atomic E-state index is -4.64. The Kier molecular flexibility index (Phi) is 17.7. The molecule has 3 unspecified atom stereocenters. The third-order valence-electron chi connectivity index (χ3n) is 14.9. The number of hydrogen-bond donors (Lipinski definition) is 6. The molecule has 0 amide bonds. The molecule has 9 atom stereocenters. The number of guanidine groups is 1. The summed E-state index contributed by atoms with van der Waals surface area (Å²) in [5.74, 6) is -0.0746. The molecule has 10 heterocycles. The molecule has 0 radical (unpaired) electrons. The molecule has 29 nitrogen and oxygen atoms in total. The van der Waals surface area contributed by atoms with Gasteiger partial charge in [-0.15, -0.1) is 0 Å². The van der Waals surface area contributed by atoms with Crippen LogP contribution in [0.4, 0.5) is 11.6 Å². The molecule has 12 rings (SSSR count). The Morgan fingerprint density at radius 2 is 1.12 bits per heavy atom. The van der Waals surface area contributed by atoms with Gasteiger partial charge < -0.3 is 74.3 Å². The van der Waals surface area contributed by atoms with Gasteiger partial charge in [-0.2, -0.15) is 0 Å². The van der Waals surface area contributed by atoms with Gasteiger partial charge in [-0.05, 0) is 53.4 Å². The van der Waals surface area contributed by atoms with E-state index in [2.05, 4.69) is 44.6 Å². The second-order valence-corrected chi connectivity index (χ2v) is 24.4. The summed E-state index contributed by atoms with van der Waals surface area (Å²) in [4.78, 5) is 60.7. The smallest absolute Gasteiger partial charge is 0.382 e. The van der Waals surface area contributed by atoms with Crippen molar-refractivity contribution in [2.24, 2.45) is 4.99 Å². The lowest BCUT2D eigenvalue weighted by Crippen LogP contribution is -2.51. The van der Waals surface area contributed by atoms with Crippen LogP contribution in [0.25, 0.3) is 22.3 Å². The number of phosphoric ester groups is 1. The first kappa shape index (κ1) is 57.1. The van der Waals surface area contributed by atoms with E-state index in [9.17, 15) is 14.0 Å². The van der Waals surface area contributed by atoms with E-state index >= 15 is 0 Å². The summed E-state index contributed by atoms with van der Waals surface area (Å²) in [5, 5.41) is 3.79. The number of hydrogen-bond acceptors (Lipinski definition) is 21. The lowest BCUT2D eigenvalue weighted by atomic mass is 9.95. The number of fused-ring (bicyclic) bond motifs is 4. The molecule has 8 N–H and O–H groups in total. The van der Waals surface area contributed by atoms with Gasteiger partial charge in [0.15, 0.2) is 52.9 Å². The van der Waals surface area contributed by atoms with Crippen molar-refractivity contribution in [1.82, 2.24) is 53.9 Å². The first-order chi connectivity index (χ1) is 37.3. The normalized spacial score (nSPS) is 30.6. The van der Waals surface area contributed by atoms with Gasteiger partial charge in [0.25, 0.3) is 0 Å². The van der Waals surface area contributed by atoms with Crippen molar-refractivity contribution in [3.63, 3.8) is 0 Å². The van der Waals surface area contributed by atoms with E-state index in [0.29, 0.717) is 60.7 Å². The van der Waals surface area contributed by atoms with Crippen molar-refractivity contribution in [2.75, 3.05) is 77.3 Å². The molecule has 432 valence electrons. The Hall–Kier alpha value is -4.13. The lowest BCUT2D eigenvalue weighted by Gasteiger charge is -2.34. The van der Waals surface area contributed by atoms with Gasteiger partial charge in [0.05, 0.1) is 58.3 Å². The Bertz CT molecular complexity index is 2780. The van der Waals surface area contributed by atoms with Crippen molar-refractivity contribution in [3.8, 4) is 0 Å². The third-order valence-corrected chi connectivity index (χ3v) is 16.9. The Morgan fingerprint density at radius 1 is 0.654 bits per heavy atom. The standard InChI is InChI=1S/C17H25N6O7P.C17H31N3O.C13H18N5O7P/c1-17(2)29-12-10(7-27-31(24,25)22-3-5-26-6-4-22)28-16(13(12)30-17)23-9-21-11-14(18)19-8-20-15(11)23;1-3-7-15(8-4-1)18-17(20-11-13-21-14-12-20)19-16-9-5-2-6-10-16;1-13(2)24-8-6(3-22-26(19,20)21)23-12(9(8)25-13)18-5-17-7-10(14)15-4-16-11(7)18/h8-10,12-13,16H,3-7H2,1-2H3,(H,24,25)(H2,18,19,20);15-16H,1-14H2,(H,18,19);4-6,8-9,12H,3H2,1-2H3,(H2,14,15,16)(H2,19,20,21)/t10-,12?,13+,16-;;6-,8?,9+,12-/m1.1/s1. The van der Waals surface area contributed by atoms with Gasteiger partial charge >= 0.3 is 15.6 Å². The molecule has 78 heavy (non-hydrogen) atoms. The molecule has 6 saturated heterocycles. The zero-order chi connectivity index (χ0) is 54.8. The fourth-order valence-corrected chi connectivity index (χ4v) is 12.7. The zero-order valence-electron chi connectivity index (χ0n) is 44.4. The van der Waals surface area contributed by atoms with Crippen LogP contribution in [-0.4, -0.2) is 195 Å². The molecular weight excluding hydrogens is 1060 g/mol. The Labute approximate surface area is 451 Å². The summed E-state index contributed by atoms with van der Waals surface area (Å²) in [5.41, 5.74) is 13.5.